The zero-order valence-electron chi connectivity index (χ0n) is 33.0. The number of aryl methyl sites for hydroxylation is 2. The normalized spacial score (nSPS) is 11.7. The molecule has 0 saturated carbocycles. The Kier molecular flexibility index (Phi) is 17.8. The van der Waals surface area contributed by atoms with Gasteiger partial charge in [0.15, 0.2) is 11.6 Å². The topological polar surface area (TPSA) is 48.5 Å². The van der Waals surface area contributed by atoms with E-state index in [2.05, 4.69) is 89.7 Å². The van der Waals surface area contributed by atoms with Crippen LogP contribution in [0.5, 0.6) is 0 Å². The Bertz CT molecular complexity index is 1580. The Hall–Kier alpha value is -3.47. The second kappa shape index (κ2) is 23.2. The van der Waals surface area contributed by atoms with Crippen LogP contribution in [-0.4, -0.2) is 24.1 Å². The van der Waals surface area contributed by atoms with Crippen LogP contribution in [-0.2, 0) is 13.1 Å². The van der Waals surface area contributed by atoms with Gasteiger partial charge in [0.05, 0.1) is 22.1 Å². The van der Waals surface area contributed by atoms with Gasteiger partial charge < -0.3 is 9.13 Å². The summed E-state index contributed by atoms with van der Waals surface area (Å²) in [5.74, 6) is 1.93. The van der Waals surface area contributed by atoms with E-state index in [4.69, 9.17) is 15.0 Å². The third kappa shape index (κ3) is 12.3. The Morgan fingerprint density at radius 2 is 0.673 bits per heavy atom. The first kappa shape index (κ1) is 39.7. The van der Waals surface area contributed by atoms with Gasteiger partial charge in [0.1, 0.15) is 11.4 Å². The van der Waals surface area contributed by atoms with Crippen molar-refractivity contribution < 1.29 is 0 Å². The van der Waals surface area contributed by atoms with Crippen LogP contribution in [0.2, 0.25) is 0 Å². The number of fused-ring (bicyclic) bond motifs is 2. The summed E-state index contributed by atoms with van der Waals surface area (Å²) in [6.07, 6.45) is 32.6. The summed E-state index contributed by atoms with van der Waals surface area (Å²) in [5, 5.41) is 0. The van der Waals surface area contributed by atoms with Crippen LogP contribution in [0, 0.1) is 0 Å². The van der Waals surface area contributed by atoms with Crippen molar-refractivity contribution in [2.75, 3.05) is 0 Å². The molecular weight excluding hydrogens is 635 g/mol. The lowest BCUT2D eigenvalue weighted by Gasteiger charge is -2.12. The molecular formula is C47H69N5. The third-order valence-electron chi connectivity index (χ3n) is 11.0. The molecule has 0 bridgehead atoms. The zero-order valence-corrected chi connectivity index (χ0v) is 33.0. The van der Waals surface area contributed by atoms with Gasteiger partial charge in [-0.15, -0.1) is 0 Å². The number of pyridine rings is 1. The molecule has 0 aliphatic rings. The second-order valence-corrected chi connectivity index (χ2v) is 15.3. The van der Waals surface area contributed by atoms with E-state index in [0.717, 1.165) is 47.2 Å². The fraction of sp³-hybridized carbons (Fsp3) is 0.596. The zero-order chi connectivity index (χ0) is 36.1. The average molecular weight is 704 g/mol. The standard InChI is InChI=1S/C47H69N5/c1-3-5-7-9-11-13-15-17-19-21-23-29-38-51-44-36-27-25-32-40(44)49-46(51)42-34-31-35-43(48-42)47-50-41-33-26-28-37-45(41)52(47)39-30-24-22-20-18-16-14-12-10-8-6-4-2/h25-28,31-37H,3-24,29-30,38-39H2,1-2H3. The van der Waals surface area contributed by atoms with E-state index < -0.39 is 0 Å². The van der Waals surface area contributed by atoms with Crippen molar-refractivity contribution in [3.63, 3.8) is 0 Å². The Balaban J connectivity index is 1.17. The van der Waals surface area contributed by atoms with Gasteiger partial charge in [0, 0.05) is 13.1 Å². The minimum atomic E-state index is 0.927. The molecule has 0 N–H and O–H groups in total. The molecule has 0 atom stereocenters. The maximum absolute atomic E-state index is 5.28. The van der Waals surface area contributed by atoms with E-state index in [1.165, 1.54) is 165 Å². The summed E-state index contributed by atoms with van der Waals surface area (Å²) in [4.78, 5) is 15.6. The highest BCUT2D eigenvalue weighted by Crippen LogP contribution is 2.29. The lowest BCUT2D eigenvalue weighted by molar-refractivity contribution is 0.531. The van der Waals surface area contributed by atoms with E-state index in [0.29, 0.717) is 0 Å². The number of nitrogens with zero attached hydrogens (tertiary/aromatic N) is 5. The molecule has 3 aromatic heterocycles. The maximum atomic E-state index is 5.28. The van der Waals surface area contributed by atoms with Crippen molar-refractivity contribution in [1.29, 1.82) is 0 Å². The largest absolute Gasteiger partial charge is 0.323 e. The highest BCUT2D eigenvalue weighted by atomic mass is 15.1. The Morgan fingerprint density at radius 3 is 1.04 bits per heavy atom. The molecule has 3 heterocycles. The number of imidazole rings is 2. The van der Waals surface area contributed by atoms with Crippen LogP contribution >= 0.6 is 0 Å². The van der Waals surface area contributed by atoms with Crippen LogP contribution in [0.4, 0.5) is 0 Å². The molecule has 5 aromatic rings. The van der Waals surface area contributed by atoms with Gasteiger partial charge in [-0.3, -0.25) is 0 Å². The fourth-order valence-corrected chi connectivity index (χ4v) is 7.90. The van der Waals surface area contributed by atoms with Crippen LogP contribution in [0.1, 0.15) is 168 Å². The predicted octanol–water partition coefficient (Wildman–Crippen LogP) is 14.5. The van der Waals surface area contributed by atoms with Crippen LogP contribution in [0.3, 0.4) is 0 Å². The van der Waals surface area contributed by atoms with Crippen molar-refractivity contribution in [3.8, 4) is 23.0 Å². The van der Waals surface area contributed by atoms with Crippen LogP contribution in [0.15, 0.2) is 66.7 Å². The van der Waals surface area contributed by atoms with Crippen molar-refractivity contribution >= 4 is 22.1 Å². The molecule has 0 spiro atoms. The summed E-state index contributed by atoms with van der Waals surface area (Å²) < 4.78 is 4.82. The first-order valence-electron chi connectivity index (χ1n) is 21.7. The molecule has 0 saturated heterocycles. The van der Waals surface area contributed by atoms with Crippen LogP contribution < -0.4 is 0 Å². The van der Waals surface area contributed by atoms with Crippen molar-refractivity contribution in [2.45, 2.75) is 181 Å². The molecule has 5 nitrogen and oxygen atoms in total. The molecule has 282 valence electrons. The number of hydrogen-bond donors (Lipinski definition) is 0. The second-order valence-electron chi connectivity index (χ2n) is 15.3. The summed E-state index contributed by atoms with van der Waals surface area (Å²) in [6, 6.07) is 23.5. The molecule has 0 aliphatic heterocycles. The van der Waals surface area contributed by atoms with E-state index in [-0.39, 0.29) is 0 Å². The summed E-state index contributed by atoms with van der Waals surface area (Å²) in [7, 11) is 0. The minimum Gasteiger partial charge on any atom is -0.323 e. The lowest BCUT2D eigenvalue weighted by atomic mass is 10.1. The Morgan fingerprint density at radius 1 is 0.346 bits per heavy atom. The molecule has 5 heteroatoms. The van der Waals surface area contributed by atoms with Gasteiger partial charge in [-0.1, -0.05) is 185 Å². The number of rotatable bonds is 28. The summed E-state index contributed by atoms with van der Waals surface area (Å²) in [5.41, 5.74) is 6.35. The number of aromatic nitrogens is 5. The highest BCUT2D eigenvalue weighted by molar-refractivity contribution is 5.82. The number of benzene rings is 2. The van der Waals surface area contributed by atoms with Crippen molar-refractivity contribution in [3.05, 3.63) is 66.7 Å². The molecule has 0 fully saturated rings. The monoisotopic (exact) mass is 704 g/mol. The molecule has 0 aliphatic carbocycles. The Labute approximate surface area is 316 Å². The highest BCUT2D eigenvalue weighted by Gasteiger charge is 2.17. The summed E-state index contributed by atoms with van der Waals surface area (Å²) in [6.45, 7) is 6.53. The summed E-state index contributed by atoms with van der Waals surface area (Å²) >= 11 is 0. The molecule has 0 unspecified atom stereocenters. The fourth-order valence-electron chi connectivity index (χ4n) is 7.90. The number of para-hydroxylation sites is 4. The van der Waals surface area contributed by atoms with Gasteiger partial charge in [0.25, 0.3) is 0 Å². The van der Waals surface area contributed by atoms with E-state index in [9.17, 15) is 0 Å². The van der Waals surface area contributed by atoms with E-state index >= 15 is 0 Å². The molecule has 2 aromatic carbocycles. The first-order chi connectivity index (χ1) is 25.8. The third-order valence-corrected chi connectivity index (χ3v) is 11.0. The van der Waals surface area contributed by atoms with E-state index in [1.807, 2.05) is 0 Å². The lowest BCUT2D eigenvalue weighted by Crippen LogP contribution is -2.04. The van der Waals surface area contributed by atoms with Gasteiger partial charge in [-0.25, -0.2) is 15.0 Å². The molecule has 52 heavy (non-hydrogen) atoms. The SMILES string of the molecule is CCCCCCCCCCCCCCn1c(-c2cccc(-c3nc4ccccc4n3CCCCCCCCCCCCCC)n2)nc2ccccc21. The molecule has 0 radical (unpaired) electrons. The predicted molar refractivity (Wildman–Crippen MR) is 224 cm³/mol. The average Bonchev–Trinajstić information content (AvgIpc) is 3.74. The van der Waals surface area contributed by atoms with Gasteiger partial charge in [0.2, 0.25) is 0 Å². The molecule has 5 rings (SSSR count). The van der Waals surface area contributed by atoms with E-state index in [1.54, 1.807) is 0 Å². The van der Waals surface area contributed by atoms with Gasteiger partial charge in [-0.2, -0.15) is 0 Å². The van der Waals surface area contributed by atoms with Crippen LogP contribution in [0.25, 0.3) is 45.1 Å². The first-order valence-corrected chi connectivity index (χ1v) is 21.7. The molecule has 0 amide bonds. The van der Waals surface area contributed by atoms with Crippen molar-refractivity contribution in [2.24, 2.45) is 0 Å². The maximum Gasteiger partial charge on any atom is 0.159 e. The number of unbranched alkanes of at least 4 members (excludes halogenated alkanes) is 22. The minimum absolute atomic E-state index is 0.927. The van der Waals surface area contributed by atoms with Gasteiger partial charge in [-0.05, 0) is 49.2 Å². The smallest absolute Gasteiger partial charge is 0.159 e. The van der Waals surface area contributed by atoms with Crippen molar-refractivity contribution in [1.82, 2.24) is 24.1 Å². The van der Waals surface area contributed by atoms with Gasteiger partial charge >= 0.3 is 0 Å². The number of hydrogen-bond acceptors (Lipinski definition) is 3. The quantitative estimate of drug-likeness (QED) is 0.0487.